The van der Waals surface area contributed by atoms with Crippen LogP contribution in [0.2, 0.25) is 0 Å². The van der Waals surface area contributed by atoms with Crippen LogP contribution in [0, 0.1) is 0 Å². The maximum absolute atomic E-state index is 13.3. The molecule has 1 N–H and O–H groups in total. The van der Waals surface area contributed by atoms with Gasteiger partial charge in [0, 0.05) is 25.0 Å². The van der Waals surface area contributed by atoms with Crippen molar-refractivity contribution in [2.45, 2.75) is 72.1 Å². The monoisotopic (exact) mass is 424 g/mol. The van der Waals surface area contributed by atoms with E-state index in [1.54, 1.807) is 0 Å². The van der Waals surface area contributed by atoms with Gasteiger partial charge < -0.3 is 14.2 Å². The van der Waals surface area contributed by atoms with Crippen LogP contribution in [0.25, 0.3) is 0 Å². The Morgan fingerprint density at radius 1 is 1.14 bits per heavy atom. The molecule has 0 aromatic heterocycles. The van der Waals surface area contributed by atoms with Gasteiger partial charge in [0.25, 0.3) is 0 Å². The van der Waals surface area contributed by atoms with E-state index in [2.05, 4.69) is 25.3 Å². The highest BCUT2D eigenvalue weighted by atomic mass is 31.2. The molecule has 0 aliphatic carbocycles. The molecule has 0 fully saturated rings. The molecule has 29 heavy (non-hydrogen) atoms. The minimum absolute atomic E-state index is 0.187. The number of nitrogens with zero attached hydrogens (tertiary/aromatic N) is 1. The van der Waals surface area contributed by atoms with Crippen molar-refractivity contribution >= 4 is 30.3 Å². The molecule has 1 aliphatic rings. The fourth-order valence-electron chi connectivity index (χ4n) is 4.23. The number of fused-ring (bicyclic) bond motifs is 1. The van der Waals surface area contributed by atoms with E-state index in [0.29, 0.717) is 24.9 Å². The first-order valence-electron chi connectivity index (χ1n) is 10.6. The molecule has 1 aromatic carbocycles. The second-order valence-corrected chi connectivity index (χ2v) is 9.68. The lowest BCUT2D eigenvalue weighted by molar-refractivity contribution is -0.434. The highest BCUT2D eigenvalue weighted by Gasteiger charge is 2.46. The van der Waals surface area contributed by atoms with Crippen LogP contribution in [0.1, 0.15) is 72.3 Å². The number of hydrogen-bond donors (Lipinski definition) is 1. The molecule has 0 spiro atoms. The van der Waals surface area contributed by atoms with Crippen molar-refractivity contribution in [3.05, 3.63) is 23.8 Å². The zero-order chi connectivity index (χ0) is 21.7. The predicted molar refractivity (Wildman–Crippen MR) is 116 cm³/mol. The van der Waals surface area contributed by atoms with Gasteiger partial charge in [-0.15, -0.1) is 0 Å². The van der Waals surface area contributed by atoms with Gasteiger partial charge in [-0.05, 0) is 52.7 Å². The Bertz CT molecular complexity index is 809. The first kappa shape index (κ1) is 23.8. The lowest BCUT2D eigenvalue weighted by atomic mass is 9.76. The molecule has 7 heteroatoms. The van der Waals surface area contributed by atoms with Crippen LogP contribution in [-0.2, 0) is 23.8 Å². The second kappa shape index (κ2) is 10.0. The van der Waals surface area contributed by atoms with E-state index in [4.69, 9.17) is 14.2 Å². The lowest BCUT2D eigenvalue weighted by Gasteiger charge is -2.24. The highest BCUT2D eigenvalue weighted by Crippen LogP contribution is 2.50. The molecule has 0 radical (unpaired) electrons. The van der Waals surface area contributed by atoms with Crippen molar-refractivity contribution in [1.82, 2.24) is 0 Å². The summed E-state index contributed by atoms with van der Waals surface area (Å²) in [4.78, 5) is 10.8. The number of carboxylic acid groups (broad SMARTS) is 1. The molecule has 1 aliphatic heterocycles. The Morgan fingerprint density at radius 2 is 1.79 bits per heavy atom. The van der Waals surface area contributed by atoms with Crippen molar-refractivity contribution in [2.75, 3.05) is 19.8 Å². The van der Waals surface area contributed by atoms with Crippen molar-refractivity contribution in [1.29, 1.82) is 0 Å². The van der Waals surface area contributed by atoms with Gasteiger partial charge in [0.05, 0.1) is 23.9 Å². The number of aliphatic carboxylic acids is 1. The summed E-state index contributed by atoms with van der Waals surface area (Å²) in [5.41, 5.74) is 3.37. The van der Waals surface area contributed by atoms with Gasteiger partial charge in [-0.3, -0.25) is 9.36 Å². The van der Waals surface area contributed by atoms with Gasteiger partial charge in [-0.25, -0.2) is 0 Å². The Hall–Kier alpha value is -1.49. The minimum atomic E-state index is -3.35. The molecule has 1 heterocycles. The zero-order valence-electron chi connectivity index (χ0n) is 18.4. The summed E-state index contributed by atoms with van der Waals surface area (Å²) < 4.78 is 26.7. The maximum Gasteiger partial charge on any atom is 0.361 e. The van der Waals surface area contributed by atoms with E-state index in [1.807, 2.05) is 32.0 Å². The minimum Gasteiger partial charge on any atom is -0.481 e. The van der Waals surface area contributed by atoms with E-state index in [0.717, 1.165) is 37.1 Å². The van der Waals surface area contributed by atoms with Crippen molar-refractivity contribution < 1.29 is 28.1 Å². The van der Waals surface area contributed by atoms with Crippen LogP contribution in [0.5, 0.6) is 0 Å². The molecule has 1 atom stereocenters. The molecular weight excluding hydrogens is 389 g/mol. The molecule has 162 valence electrons. The van der Waals surface area contributed by atoms with Gasteiger partial charge >= 0.3 is 13.6 Å². The number of rotatable bonds is 12. The van der Waals surface area contributed by atoms with Gasteiger partial charge in [0.1, 0.15) is 6.54 Å². The van der Waals surface area contributed by atoms with E-state index in [9.17, 15) is 9.36 Å². The van der Waals surface area contributed by atoms with Crippen LogP contribution in [0.15, 0.2) is 18.2 Å². The quantitative estimate of drug-likeness (QED) is 0.290. The standard InChI is InChI=1S/C22H34NO5P/c1-6-23-17(4)22(5,15-11-9-10-12-21(24)25)19-16-18(13-14-20(19)23)29(26,27-7-2)28-8-3/h13-14,16H,6-12,15H2,1-5H3/p+1. The molecule has 6 nitrogen and oxygen atoms in total. The molecule has 1 aromatic rings. The third-order valence-corrected chi connectivity index (χ3v) is 7.97. The first-order valence-corrected chi connectivity index (χ1v) is 12.1. The number of hydrogen-bond acceptors (Lipinski definition) is 4. The van der Waals surface area contributed by atoms with Crippen molar-refractivity contribution in [3.63, 3.8) is 0 Å². The molecule has 0 saturated heterocycles. The normalized spacial score (nSPS) is 18.9. The fraction of sp³-hybridized carbons (Fsp3) is 0.636. The van der Waals surface area contributed by atoms with Gasteiger partial charge in [-0.2, -0.15) is 4.58 Å². The SMILES string of the molecule is CCOP(=O)(OCC)c1ccc2c(c1)C(C)(CCCCCC(=O)O)C(C)=[N+]2CC. The third kappa shape index (κ3) is 4.99. The first-order chi connectivity index (χ1) is 13.7. The highest BCUT2D eigenvalue weighted by molar-refractivity contribution is 7.62. The number of carboxylic acids is 1. The molecular formula is C22H35NO5P+. The van der Waals surface area contributed by atoms with Crippen molar-refractivity contribution in [2.24, 2.45) is 0 Å². The summed E-state index contributed by atoms with van der Waals surface area (Å²) in [7, 11) is -3.35. The number of benzene rings is 1. The molecule has 1 unspecified atom stereocenters. The Labute approximate surface area is 174 Å². The lowest BCUT2D eigenvalue weighted by Crippen LogP contribution is -2.30. The number of carbonyl (C=O) groups is 1. The van der Waals surface area contributed by atoms with Crippen LogP contribution in [0.4, 0.5) is 5.69 Å². The Morgan fingerprint density at radius 3 is 2.34 bits per heavy atom. The summed E-state index contributed by atoms with van der Waals surface area (Å²) >= 11 is 0. The topological polar surface area (TPSA) is 75.8 Å². The summed E-state index contributed by atoms with van der Waals surface area (Å²) in [5, 5.41) is 9.45. The molecule has 2 rings (SSSR count). The third-order valence-electron chi connectivity index (χ3n) is 5.87. The van der Waals surface area contributed by atoms with Gasteiger partial charge in [0.15, 0.2) is 5.71 Å². The second-order valence-electron chi connectivity index (χ2n) is 7.65. The smallest absolute Gasteiger partial charge is 0.361 e. The van der Waals surface area contributed by atoms with Crippen LogP contribution < -0.4 is 5.30 Å². The van der Waals surface area contributed by atoms with E-state index in [1.165, 1.54) is 5.71 Å². The van der Waals surface area contributed by atoms with Crippen LogP contribution >= 0.6 is 7.60 Å². The maximum atomic E-state index is 13.3. The summed E-state index contributed by atoms with van der Waals surface area (Å²) in [5.74, 6) is -0.741. The molecule has 0 amide bonds. The number of unbranched alkanes of at least 4 members (excludes halogenated alkanes) is 2. The largest absolute Gasteiger partial charge is 0.481 e. The molecule has 0 saturated carbocycles. The fourth-order valence-corrected chi connectivity index (χ4v) is 5.82. The van der Waals surface area contributed by atoms with E-state index >= 15 is 0 Å². The van der Waals surface area contributed by atoms with Crippen LogP contribution in [0.3, 0.4) is 0 Å². The zero-order valence-corrected chi connectivity index (χ0v) is 19.3. The Kier molecular flexibility index (Phi) is 8.21. The van der Waals surface area contributed by atoms with E-state index < -0.39 is 13.6 Å². The van der Waals surface area contributed by atoms with Gasteiger partial charge in [0.2, 0.25) is 5.69 Å². The van der Waals surface area contributed by atoms with Gasteiger partial charge in [-0.1, -0.05) is 12.8 Å². The average Bonchev–Trinajstić information content (AvgIpc) is 2.88. The molecule has 0 bridgehead atoms. The summed E-state index contributed by atoms with van der Waals surface area (Å²) in [6, 6.07) is 5.88. The summed E-state index contributed by atoms with van der Waals surface area (Å²) in [6.45, 7) is 11.7. The average molecular weight is 424 g/mol. The van der Waals surface area contributed by atoms with E-state index in [-0.39, 0.29) is 11.8 Å². The van der Waals surface area contributed by atoms with Crippen molar-refractivity contribution in [3.8, 4) is 0 Å². The summed E-state index contributed by atoms with van der Waals surface area (Å²) in [6.07, 6.45) is 3.65. The van der Waals surface area contributed by atoms with Crippen LogP contribution in [-0.4, -0.2) is 41.1 Å². The predicted octanol–water partition coefficient (Wildman–Crippen LogP) is 5.01. The Balaban J connectivity index is 2.37.